The molecule has 1 saturated carbocycles. The maximum atomic E-state index is 12.6. The van der Waals surface area contributed by atoms with Crippen molar-refractivity contribution in [1.29, 1.82) is 0 Å². The molecular weight excluding hydrogens is 162 g/mol. The zero-order chi connectivity index (χ0) is 9.03. The van der Waals surface area contributed by atoms with Gasteiger partial charge in [0.05, 0.1) is 0 Å². The number of halogens is 2. The molecule has 1 aliphatic carbocycles. The third-order valence-electron chi connectivity index (χ3n) is 2.62. The molecular formula is C9H16F2O. The van der Waals surface area contributed by atoms with E-state index in [-0.39, 0.29) is 6.42 Å². The molecule has 0 aliphatic heterocycles. The standard InChI is InChI=1S/C9H16F2O/c10-9(11,7-12)6-5-8-3-1-2-4-8/h8,12H,1-7H2. The Hall–Kier alpha value is -0.180. The van der Waals surface area contributed by atoms with Crippen LogP contribution in [0.25, 0.3) is 0 Å². The maximum absolute atomic E-state index is 12.6. The molecule has 0 atom stereocenters. The minimum absolute atomic E-state index is 0.145. The topological polar surface area (TPSA) is 20.2 Å². The third-order valence-corrected chi connectivity index (χ3v) is 2.62. The summed E-state index contributed by atoms with van der Waals surface area (Å²) < 4.78 is 25.1. The molecule has 0 radical (unpaired) electrons. The lowest BCUT2D eigenvalue weighted by Gasteiger charge is -2.15. The molecule has 0 aromatic heterocycles. The fourth-order valence-electron chi connectivity index (χ4n) is 1.79. The lowest BCUT2D eigenvalue weighted by atomic mass is 9.99. The number of aliphatic hydroxyl groups is 1. The lowest BCUT2D eigenvalue weighted by Crippen LogP contribution is -2.21. The SMILES string of the molecule is OCC(F)(F)CCC1CCCC1. The summed E-state index contributed by atoms with van der Waals surface area (Å²) in [6.07, 6.45) is 5.01. The van der Waals surface area contributed by atoms with Gasteiger partial charge in [-0.05, 0) is 12.3 Å². The Morgan fingerprint density at radius 2 is 1.83 bits per heavy atom. The summed E-state index contributed by atoms with van der Waals surface area (Å²) in [7, 11) is 0. The molecule has 1 rings (SSSR count). The molecule has 0 aromatic carbocycles. The van der Waals surface area contributed by atoms with Crippen LogP contribution in [0.2, 0.25) is 0 Å². The van der Waals surface area contributed by atoms with Gasteiger partial charge in [-0.25, -0.2) is 8.78 Å². The van der Waals surface area contributed by atoms with Crippen molar-refractivity contribution >= 4 is 0 Å². The van der Waals surface area contributed by atoms with Gasteiger partial charge in [-0.3, -0.25) is 0 Å². The number of alkyl halides is 2. The highest BCUT2D eigenvalue weighted by Gasteiger charge is 2.29. The number of aliphatic hydroxyl groups excluding tert-OH is 1. The Balaban J connectivity index is 2.15. The normalized spacial score (nSPS) is 20.2. The van der Waals surface area contributed by atoms with E-state index >= 15 is 0 Å². The Bertz CT molecular complexity index is 130. The Labute approximate surface area is 71.8 Å². The van der Waals surface area contributed by atoms with Crippen LogP contribution in [0.3, 0.4) is 0 Å². The van der Waals surface area contributed by atoms with Crippen LogP contribution in [0.4, 0.5) is 8.78 Å². The second-order valence-corrected chi connectivity index (χ2v) is 3.70. The zero-order valence-electron chi connectivity index (χ0n) is 7.23. The summed E-state index contributed by atoms with van der Waals surface area (Å²) in [6, 6.07) is 0. The van der Waals surface area contributed by atoms with Gasteiger partial charge >= 0.3 is 0 Å². The van der Waals surface area contributed by atoms with E-state index in [9.17, 15) is 8.78 Å². The number of hydrogen-bond donors (Lipinski definition) is 1. The quantitative estimate of drug-likeness (QED) is 0.701. The molecule has 0 heterocycles. The van der Waals surface area contributed by atoms with Gasteiger partial charge in [-0.1, -0.05) is 25.7 Å². The van der Waals surface area contributed by atoms with Gasteiger partial charge in [0.15, 0.2) is 0 Å². The van der Waals surface area contributed by atoms with Gasteiger partial charge in [0.25, 0.3) is 5.92 Å². The molecule has 0 spiro atoms. The van der Waals surface area contributed by atoms with Crippen molar-refractivity contribution in [3.05, 3.63) is 0 Å². The van der Waals surface area contributed by atoms with Crippen LogP contribution in [-0.2, 0) is 0 Å². The number of hydrogen-bond acceptors (Lipinski definition) is 1. The largest absolute Gasteiger partial charge is 0.390 e. The molecule has 0 amide bonds. The molecule has 0 unspecified atom stereocenters. The van der Waals surface area contributed by atoms with Crippen LogP contribution in [0.1, 0.15) is 38.5 Å². The molecule has 0 bridgehead atoms. The van der Waals surface area contributed by atoms with E-state index in [1.807, 2.05) is 0 Å². The van der Waals surface area contributed by atoms with Gasteiger partial charge in [0, 0.05) is 6.42 Å². The van der Waals surface area contributed by atoms with E-state index in [0.29, 0.717) is 12.3 Å². The molecule has 1 fully saturated rings. The van der Waals surface area contributed by atoms with E-state index in [1.54, 1.807) is 0 Å². The average molecular weight is 178 g/mol. The molecule has 72 valence electrons. The van der Waals surface area contributed by atoms with Crippen molar-refractivity contribution in [2.75, 3.05) is 6.61 Å². The summed E-state index contributed by atoms with van der Waals surface area (Å²) in [6.45, 7) is -1.00. The Morgan fingerprint density at radius 3 is 2.33 bits per heavy atom. The summed E-state index contributed by atoms with van der Waals surface area (Å²) >= 11 is 0. The first-order chi connectivity index (χ1) is 5.64. The molecule has 1 nitrogen and oxygen atoms in total. The summed E-state index contributed by atoms with van der Waals surface area (Å²) in [5, 5.41) is 8.32. The van der Waals surface area contributed by atoms with E-state index in [1.165, 1.54) is 12.8 Å². The van der Waals surface area contributed by atoms with Gasteiger partial charge in [0.2, 0.25) is 0 Å². The highest BCUT2D eigenvalue weighted by Crippen LogP contribution is 2.31. The second kappa shape index (κ2) is 4.17. The smallest absolute Gasteiger partial charge is 0.270 e. The lowest BCUT2D eigenvalue weighted by molar-refractivity contribution is -0.0600. The van der Waals surface area contributed by atoms with Crippen LogP contribution in [0, 0.1) is 5.92 Å². The van der Waals surface area contributed by atoms with Gasteiger partial charge < -0.3 is 5.11 Å². The van der Waals surface area contributed by atoms with Crippen LogP contribution in [0.15, 0.2) is 0 Å². The number of rotatable bonds is 4. The summed E-state index contributed by atoms with van der Waals surface area (Å²) in [4.78, 5) is 0. The fourth-order valence-corrected chi connectivity index (χ4v) is 1.79. The van der Waals surface area contributed by atoms with E-state index in [2.05, 4.69) is 0 Å². The second-order valence-electron chi connectivity index (χ2n) is 3.70. The monoisotopic (exact) mass is 178 g/mol. The van der Waals surface area contributed by atoms with Crippen molar-refractivity contribution in [3.63, 3.8) is 0 Å². The highest BCUT2D eigenvalue weighted by atomic mass is 19.3. The van der Waals surface area contributed by atoms with Crippen molar-refractivity contribution < 1.29 is 13.9 Å². The molecule has 3 heteroatoms. The van der Waals surface area contributed by atoms with Crippen LogP contribution in [-0.4, -0.2) is 17.6 Å². The maximum Gasteiger partial charge on any atom is 0.270 e. The predicted octanol–water partition coefficient (Wildman–Crippen LogP) is 2.58. The van der Waals surface area contributed by atoms with E-state index in [0.717, 1.165) is 12.8 Å². The first kappa shape index (κ1) is 9.90. The van der Waals surface area contributed by atoms with E-state index in [4.69, 9.17) is 5.11 Å². The van der Waals surface area contributed by atoms with E-state index < -0.39 is 12.5 Å². The minimum Gasteiger partial charge on any atom is -0.390 e. The van der Waals surface area contributed by atoms with Crippen LogP contribution >= 0.6 is 0 Å². The first-order valence-electron chi connectivity index (χ1n) is 4.63. The fraction of sp³-hybridized carbons (Fsp3) is 1.00. The summed E-state index contributed by atoms with van der Waals surface area (Å²) in [5.41, 5.74) is 0. The molecule has 0 saturated heterocycles. The first-order valence-corrected chi connectivity index (χ1v) is 4.63. The van der Waals surface area contributed by atoms with Crippen molar-refractivity contribution in [2.24, 2.45) is 5.92 Å². The molecule has 0 aromatic rings. The zero-order valence-corrected chi connectivity index (χ0v) is 7.23. The Morgan fingerprint density at radius 1 is 1.25 bits per heavy atom. The minimum atomic E-state index is -2.84. The van der Waals surface area contributed by atoms with Crippen molar-refractivity contribution in [1.82, 2.24) is 0 Å². The third kappa shape index (κ3) is 3.05. The molecule has 1 N–H and O–H groups in total. The predicted molar refractivity (Wildman–Crippen MR) is 43.2 cm³/mol. The van der Waals surface area contributed by atoms with Crippen molar-refractivity contribution in [3.8, 4) is 0 Å². The average Bonchev–Trinajstić information content (AvgIpc) is 2.53. The van der Waals surface area contributed by atoms with Gasteiger partial charge in [-0.2, -0.15) is 0 Å². The summed E-state index contributed by atoms with van der Waals surface area (Å²) in [5.74, 6) is -2.36. The highest BCUT2D eigenvalue weighted by molar-refractivity contribution is 4.72. The van der Waals surface area contributed by atoms with Crippen molar-refractivity contribution in [2.45, 2.75) is 44.4 Å². The molecule has 12 heavy (non-hydrogen) atoms. The van der Waals surface area contributed by atoms with Gasteiger partial charge in [0.1, 0.15) is 6.61 Å². The Kier molecular flexibility index (Phi) is 3.44. The van der Waals surface area contributed by atoms with Crippen LogP contribution in [0.5, 0.6) is 0 Å². The van der Waals surface area contributed by atoms with Gasteiger partial charge in [-0.15, -0.1) is 0 Å². The van der Waals surface area contributed by atoms with Crippen LogP contribution < -0.4 is 0 Å². The molecule has 1 aliphatic rings.